The molecule has 1 fully saturated rings. The van der Waals surface area contributed by atoms with Gasteiger partial charge in [-0.1, -0.05) is 0 Å². The van der Waals surface area contributed by atoms with Gasteiger partial charge in [0, 0.05) is 59.2 Å². The molecular weight excluding hydrogens is 284 g/mol. The predicted molar refractivity (Wildman–Crippen MR) is 84.2 cm³/mol. The molecular formula is C15H28N4O3. The fourth-order valence-electron chi connectivity index (χ4n) is 2.53. The van der Waals surface area contributed by atoms with Crippen molar-refractivity contribution < 1.29 is 14.4 Å². The summed E-state index contributed by atoms with van der Waals surface area (Å²) < 4.78 is 0. The minimum Gasteiger partial charge on any atom is -0.356 e. The van der Waals surface area contributed by atoms with Gasteiger partial charge >= 0.3 is 0 Å². The van der Waals surface area contributed by atoms with E-state index >= 15 is 0 Å². The Morgan fingerprint density at radius 3 is 2.14 bits per heavy atom. The van der Waals surface area contributed by atoms with Crippen LogP contribution in [0.3, 0.4) is 0 Å². The Balaban J connectivity index is 2.29. The smallest absolute Gasteiger partial charge is 0.236 e. The molecule has 1 rings (SSSR count). The van der Waals surface area contributed by atoms with E-state index < -0.39 is 0 Å². The molecule has 7 heteroatoms. The number of nitrogens with zero attached hydrogens (tertiary/aromatic N) is 3. The molecule has 1 N–H and O–H groups in total. The van der Waals surface area contributed by atoms with Crippen LogP contribution in [0.15, 0.2) is 0 Å². The number of likely N-dealkylation sites (N-methyl/N-ethyl adjacent to an activating group) is 1. The molecule has 3 amide bonds. The fourth-order valence-corrected chi connectivity index (χ4v) is 2.53. The van der Waals surface area contributed by atoms with Gasteiger partial charge in [-0.15, -0.1) is 0 Å². The first-order valence-electron chi connectivity index (χ1n) is 8.00. The van der Waals surface area contributed by atoms with Gasteiger partial charge in [0.15, 0.2) is 0 Å². The average molecular weight is 312 g/mol. The van der Waals surface area contributed by atoms with Crippen molar-refractivity contribution in [1.82, 2.24) is 20.0 Å². The van der Waals surface area contributed by atoms with Crippen molar-refractivity contribution in [2.75, 3.05) is 52.4 Å². The summed E-state index contributed by atoms with van der Waals surface area (Å²) in [5, 5.41) is 2.63. The Labute approximate surface area is 132 Å². The van der Waals surface area contributed by atoms with Crippen molar-refractivity contribution in [1.29, 1.82) is 0 Å². The average Bonchev–Trinajstić information content (AvgIpc) is 2.48. The second-order valence-electron chi connectivity index (χ2n) is 5.46. The highest BCUT2D eigenvalue weighted by molar-refractivity contribution is 5.79. The molecule has 0 unspecified atom stereocenters. The molecule has 0 aliphatic carbocycles. The van der Waals surface area contributed by atoms with E-state index in [1.165, 1.54) is 6.92 Å². The molecule has 126 valence electrons. The molecule has 1 aliphatic heterocycles. The van der Waals surface area contributed by atoms with Crippen LogP contribution in [-0.2, 0) is 14.4 Å². The second kappa shape index (κ2) is 9.40. The number of hydrogen-bond donors (Lipinski definition) is 1. The van der Waals surface area contributed by atoms with Crippen LogP contribution in [0.5, 0.6) is 0 Å². The van der Waals surface area contributed by atoms with Crippen LogP contribution in [0.25, 0.3) is 0 Å². The lowest BCUT2D eigenvalue weighted by Gasteiger charge is -2.35. The first-order chi connectivity index (χ1) is 10.5. The van der Waals surface area contributed by atoms with Gasteiger partial charge in [0.1, 0.15) is 0 Å². The van der Waals surface area contributed by atoms with E-state index in [4.69, 9.17) is 0 Å². The third kappa shape index (κ3) is 6.01. The van der Waals surface area contributed by atoms with E-state index in [9.17, 15) is 14.4 Å². The highest BCUT2D eigenvalue weighted by Crippen LogP contribution is 2.04. The van der Waals surface area contributed by atoms with Gasteiger partial charge in [-0.2, -0.15) is 0 Å². The summed E-state index contributed by atoms with van der Waals surface area (Å²) in [4.78, 5) is 40.5. The Hall–Kier alpha value is -1.63. The van der Waals surface area contributed by atoms with Crippen LogP contribution in [-0.4, -0.2) is 84.8 Å². The second-order valence-corrected chi connectivity index (χ2v) is 5.46. The van der Waals surface area contributed by atoms with Gasteiger partial charge in [0.05, 0.1) is 6.54 Å². The summed E-state index contributed by atoms with van der Waals surface area (Å²) >= 11 is 0. The number of hydrogen-bond acceptors (Lipinski definition) is 4. The van der Waals surface area contributed by atoms with Crippen molar-refractivity contribution >= 4 is 17.7 Å². The predicted octanol–water partition coefficient (Wildman–Crippen LogP) is -0.475. The summed E-state index contributed by atoms with van der Waals surface area (Å²) in [6.45, 7) is 10.4. The van der Waals surface area contributed by atoms with Crippen molar-refractivity contribution in [2.24, 2.45) is 0 Å². The Bertz CT molecular complexity index is 388. The molecule has 0 aromatic heterocycles. The van der Waals surface area contributed by atoms with Crippen LogP contribution in [0.2, 0.25) is 0 Å². The number of nitrogens with one attached hydrogen (secondary N) is 1. The lowest BCUT2D eigenvalue weighted by atomic mass is 10.2. The zero-order valence-corrected chi connectivity index (χ0v) is 13.9. The molecule has 0 bridgehead atoms. The molecule has 0 aromatic rings. The quantitative estimate of drug-likeness (QED) is 0.689. The Kier molecular flexibility index (Phi) is 7.87. The number of amides is 3. The summed E-state index contributed by atoms with van der Waals surface area (Å²) in [5.74, 6) is 0.0893. The topological polar surface area (TPSA) is 73.0 Å². The van der Waals surface area contributed by atoms with Crippen LogP contribution < -0.4 is 5.32 Å². The van der Waals surface area contributed by atoms with Crippen LogP contribution >= 0.6 is 0 Å². The summed E-state index contributed by atoms with van der Waals surface area (Å²) in [6, 6.07) is 0. The first-order valence-corrected chi connectivity index (χ1v) is 8.00. The summed E-state index contributed by atoms with van der Waals surface area (Å²) in [7, 11) is 0. The zero-order chi connectivity index (χ0) is 16.5. The van der Waals surface area contributed by atoms with E-state index in [1.807, 2.05) is 18.7 Å². The number of carbonyl (C=O) groups excluding carboxylic acids is 3. The monoisotopic (exact) mass is 312 g/mol. The van der Waals surface area contributed by atoms with Gasteiger partial charge < -0.3 is 15.1 Å². The highest BCUT2D eigenvalue weighted by Gasteiger charge is 2.23. The van der Waals surface area contributed by atoms with Crippen molar-refractivity contribution in [3.8, 4) is 0 Å². The Morgan fingerprint density at radius 1 is 1.05 bits per heavy atom. The molecule has 22 heavy (non-hydrogen) atoms. The van der Waals surface area contributed by atoms with Crippen LogP contribution in [0, 0.1) is 0 Å². The van der Waals surface area contributed by atoms with E-state index in [0.717, 1.165) is 26.2 Å². The van der Waals surface area contributed by atoms with Gasteiger partial charge in [0.2, 0.25) is 17.7 Å². The minimum absolute atomic E-state index is 0.0588. The molecule has 0 atom stereocenters. The van der Waals surface area contributed by atoms with E-state index in [2.05, 4.69) is 10.2 Å². The highest BCUT2D eigenvalue weighted by atomic mass is 16.2. The van der Waals surface area contributed by atoms with E-state index in [1.54, 1.807) is 4.90 Å². The van der Waals surface area contributed by atoms with Crippen LogP contribution in [0.1, 0.15) is 27.2 Å². The standard InChI is InChI=1S/C15H28N4O3/c1-4-18(5-2)15(22)12-17-8-10-19(11-9-17)14(21)6-7-16-13(3)20/h4-12H2,1-3H3,(H,16,20). The maximum atomic E-state index is 12.1. The lowest BCUT2D eigenvalue weighted by molar-refractivity contribution is -0.134. The lowest BCUT2D eigenvalue weighted by Crippen LogP contribution is -2.51. The Morgan fingerprint density at radius 2 is 1.64 bits per heavy atom. The van der Waals surface area contributed by atoms with Crippen molar-refractivity contribution in [3.63, 3.8) is 0 Å². The molecule has 0 spiro atoms. The van der Waals surface area contributed by atoms with Gasteiger partial charge in [-0.25, -0.2) is 0 Å². The normalized spacial score (nSPS) is 15.5. The molecule has 0 saturated carbocycles. The molecule has 1 saturated heterocycles. The fraction of sp³-hybridized carbons (Fsp3) is 0.800. The maximum Gasteiger partial charge on any atom is 0.236 e. The van der Waals surface area contributed by atoms with Gasteiger partial charge in [0.25, 0.3) is 0 Å². The third-order valence-corrected chi connectivity index (χ3v) is 3.91. The SMILES string of the molecule is CCN(CC)C(=O)CN1CCN(C(=O)CCNC(C)=O)CC1. The molecule has 1 aliphatic rings. The molecule has 7 nitrogen and oxygen atoms in total. The van der Waals surface area contributed by atoms with Crippen molar-refractivity contribution in [2.45, 2.75) is 27.2 Å². The van der Waals surface area contributed by atoms with E-state index in [0.29, 0.717) is 32.6 Å². The third-order valence-electron chi connectivity index (χ3n) is 3.91. The number of rotatable bonds is 7. The van der Waals surface area contributed by atoms with Gasteiger partial charge in [-0.05, 0) is 13.8 Å². The largest absolute Gasteiger partial charge is 0.356 e. The number of carbonyl (C=O) groups is 3. The maximum absolute atomic E-state index is 12.1. The zero-order valence-electron chi connectivity index (χ0n) is 13.9. The van der Waals surface area contributed by atoms with Crippen molar-refractivity contribution in [3.05, 3.63) is 0 Å². The summed E-state index contributed by atoms with van der Waals surface area (Å²) in [5.41, 5.74) is 0. The van der Waals surface area contributed by atoms with Gasteiger partial charge in [-0.3, -0.25) is 19.3 Å². The van der Waals surface area contributed by atoms with Crippen LogP contribution in [0.4, 0.5) is 0 Å². The first kappa shape index (κ1) is 18.4. The van der Waals surface area contributed by atoms with E-state index in [-0.39, 0.29) is 17.7 Å². The molecule has 0 radical (unpaired) electrons. The molecule has 1 heterocycles. The summed E-state index contributed by atoms with van der Waals surface area (Å²) in [6.07, 6.45) is 0.331. The number of piperazine rings is 1. The molecule has 0 aromatic carbocycles. The minimum atomic E-state index is -0.118.